The second kappa shape index (κ2) is 12.2. The van der Waals surface area contributed by atoms with E-state index in [-0.39, 0.29) is 17.7 Å². The zero-order valence-electron chi connectivity index (χ0n) is 20.9. The number of likely N-dealkylation sites (N-methyl/N-ethyl adjacent to an activating group) is 1. The first-order valence-electron chi connectivity index (χ1n) is 11.8. The van der Waals surface area contributed by atoms with E-state index in [9.17, 15) is 18.0 Å². The number of anilines is 1. The number of benzene rings is 1. The van der Waals surface area contributed by atoms with Crippen molar-refractivity contribution in [3.8, 4) is 11.8 Å². The van der Waals surface area contributed by atoms with Gasteiger partial charge < -0.3 is 10.2 Å². The molecule has 0 unspecified atom stereocenters. The van der Waals surface area contributed by atoms with Gasteiger partial charge in [0.25, 0.3) is 0 Å². The van der Waals surface area contributed by atoms with Crippen LogP contribution in [-0.4, -0.2) is 75.9 Å². The number of nitrogens with zero attached hydrogens (tertiary/aromatic N) is 6. The summed E-state index contributed by atoms with van der Waals surface area (Å²) >= 11 is 1.51. The Hall–Kier alpha value is -3.79. The van der Waals surface area contributed by atoms with Crippen molar-refractivity contribution in [2.24, 2.45) is 0 Å². The lowest BCUT2D eigenvalue weighted by Crippen LogP contribution is -2.44. The summed E-state index contributed by atoms with van der Waals surface area (Å²) < 4.78 is 40.8. The predicted octanol–water partition coefficient (Wildman–Crippen LogP) is 3.89. The summed E-state index contributed by atoms with van der Waals surface area (Å²) in [7, 11) is 3.84. The zero-order valence-corrected chi connectivity index (χ0v) is 21.7. The SMILES string of the molecule is CN1CCN(Cc2ccc(C=O)cc2C(F)(F)F)CC1.CNc1ncc(C#Cc2cnc3cccnn23)s1. The monoisotopic (exact) mass is 541 g/mol. The number of alkyl halides is 3. The van der Waals surface area contributed by atoms with Crippen molar-refractivity contribution in [1.82, 2.24) is 29.4 Å². The Kier molecular flexibility index (Phi) is 8.73. The molecule has 4 heterocycles. The quantitative estimate of drug-likeness (QED) is 0.310. The number of aromatic nitrogens is 4. The first-order valence-corrected chi connectivity index (χ1v) is 12.6. The van der Waals surface area contributed by atoms with Gasteiger partial charge in [-0.15, -0.1) is 0 Å². The molecule has 38 heavy (non-hydrogen) atoms. The number of halogens is 3. The van der Waals surface area contributed by atoms with Crippen molar-refractivity contribution < 1.29 is 18.0 Å². The lowest BCUT2D eigenvalue weighted by Gasteiger charge is -2.32. The van der Waals surface area contributed by atoms with Gasteiger partial charge in [-0.2, -0.15) is 18.3 Å². The lowest BCUT2D eigenvalue weighted by atomic mass is 10.0. The highest BCUT2D eigenvalue weighted by Crippen LogP contribution is 2.33. The number of aldehydes is 1. The van der Waals surface area contributed by atoms with Crippen LogP contribution in [0, 0.1) is 11.8 Å². The van der Waals surface area contributed by atoms with Crippen molar-refractivity contribution in [3.05, 3.63) is 76.2 Å². The molecule has 5 rings (SSSR count). The molecule has 0 amide bonds. The minimum Gasteiger partial charge on any atom is -0.365 e. The molecule has 1 aliphatic rings. The molecule has 0 spiro atoms. The van der Waals surface area contributed by atoms with Crippen LogP contribution in [0.15, 0.2) is 48.9 Å². The summed E-state index contributed by atoms with van der Waals surface area (Å²) in [4.78, 5) is 24.1. The van der Waals surface area contributed by atoms with Gasteiger partial charge in [0.05, 0.1) is 22.8 Å². The van der Waals surface area contributed by atoms with E-state index in [1.807, 2.05) is 31.1 Å². The first kappa shape index (κ1) is 27.3. The highest BCUT2D eigenvalue weighted by Gasteiger charge is 2.34. The van der Waals surface area contributed by atoms with Crippen molar-refractivity contribution in [1.29, 1.82) is 0 Å². The maximum atomic E-state index is 13.0. The highest BCUT2D eigenvalue weighted by molar-refractivity contribution is 7.16. The molecule has 12 heteroatoms. The molecular formula is C26H26F3N7OS. The number of hydrogen-bond donors (Lipinski definition) is 1. The molecule has 0 atom stereocenters. The maximum Gasteiger partial charge on any atom is 0.416 e. The second-order valence-corrected chi connectivity index (χ2v) is 9.61. The van der Waals surface area contributed by atoms with Gasteiger partial charge in [0.2, 0.25) is 0 Å². The number of thiazole rings is 1. The Labute approximate surface area is 222 Å². The minimum atomic E-state index is -4.43. The number of imidazole rings is 1. The van der Waals surface area contributed by atoms with E-state index in [1.165, 1.54) is 23.5 Å². The summed E-state index contributed by atoms with van der Waals surface area (Å²) in [5.74, 6) is 6.11. The van der Waals surface area contributed by atoms with Crippen LogP contribution >= 0.6 is 11.3 Å². The van der Waals surface area contributed by atoms with Crippen LogP contribution in [0.1, 0.15) is 32.1 Å². The fraction of sp³-hybridized carbons (Fsp3) is 0.308. The molecule has 1 saturated heterocycles. The molecule has 4 aromatic rings. The molecule has 1 aromatic carbocycles. The van der Waals surface area contributed by atoms with Gasteiger partial charge in [-0.05, 0) is 42.7 Å². The summed E-state index contributed by atoms with van der Waals surface area (Å²) in [5.41, 5.74) is 1.14. The van der Waals surface area contributed by atoms with Crippen LogP contribution in [-0.2, 0) is 12.7 Å². The lowest BCUT2D eigenvalue weighted by molar-refractivity contribution is -0.138. The van der Waals surface area contributed by atoms with Gasteiger partial charge in [-0.1, -0.05) is 23.5 Å². The Morgan fingerprint density at radius 2 is 1.89 bits per heavy atom. The average Bonchev–Trinajstić information content (AvgIpc) is 3.55. The predicted molar refractivity (Wildman–Crippen MR) is 140 cm³/mol. The number of fused-ring (bicyclic) bond motifs is 1. The molecule has 0 radical (unpaired) electrons. The minimum absolute atomic E-state index is 0.0550. The topological polar surface area (TPSA) is 78.7 Å². The van der Waals surface area contributed by atoms with Crippen molar-refractivity contribution in [2.45, 2.75) is 12.7 Å². The average molecular weight is 542 g/mol. The van der Waals surface area contributed by atoms with Crippen LogP contribution in [0.2, 0.25) is 0 Å². The fourth-order valence-electron chi connectivity index (χ4n) is 3.80. The van der Waals surface area contributed by atoms with Crippen LogP contribution in [0.4, 0.5) is 18.3 Å². The molecule has 0 bridgehead atoms. The summed E-state index contributed by atoms with van der Waals surface area (Å²) in [6, 6.07) is 7.52. The number of piperazine rings is 1. The van der Waals surface area contributed by atoms with E-state index in [0.29, 0.717) is 6.29 Å². The van der Waals surface area contributed by atoms with Crippen molar-refractivity contribution >= 4 is 28.4 Å². The molecule has 198 valence electrons. The molecule has 8 nitrogen and oxygen atoms in total. The van der Waals surface area contributed by atoms with Gasteiger partial charge in [0.15, 0.2) is 10.8 Å². The highest BCUT2D eigenvalue weighted by atomic mass is 32.1. The third-order valence-electron chi connectivity index (χ3n) is 5.88. The van der Waals surface area contributed by atoms with Gasteiger partial charge in [0, 0.05) is 51.5 Å². The van der Waals surface area contributed by atoms with E-state index in [4.69, 9.17) is 0 Å². The molecular weight excluding hydrogens is 515 g/mol. The van der Waals surface area contributed by atoms with Crippen LogP contribution < -0.4 is 5.32 Å². The maximum absolute atomic E-state index is 13.0. The summed E-state index contributed by atoms with van der Waals surface area (Å²) in [5, 5.41) is 8.04. The van der Waals surface area contributed by atoms with Crippen LogP contribution in [0.25, 0.3) is 5.65 Å². The number of nitrogens with one attached hydrogen (secondary N) is 1. The number of hydrogen-bond acceptors (Lipinski definition) is 8. The third kappa shape index (κ3) is 6.95. The van der Waals surface area contributed by atoms with E-state index in [1.54, 1.807) is 23.1 Å². The molecule has 1 N–H and O–H groups in total. The normalized spacial score (nSPS) is 14.3. The Balaban J connectivity index is 0.000000178. The van der Waals surface area contributed by atoms with E-state index in [2.05, 4.69) is 37.1 Å². The Morgan fingerprint density at radius 1 is 1.11 bits per heavy atom. The molecule has 0 aliphatic carbocycles. The van der Waals surface area contributed by atoms with Crippen molar-refractivity contribution in [3.63, 3.8) is 0 Å². The summed E-state index contributed by atoms with van der Waals surface area (Å²) in [6.07, 6.45) is 1.19. The first-order chi connectivity index (χ1) is 18.3. The van der Waals surface area contributed by atoms with Gasteiger partial charge in [0.1, 0.15) is 12.0 Å². The Morgan fingerprint density at radius 3 is 2.58 bits per heavy atom. The molecule has 1 aliphatic heterocycles. The zero-order chi connectivity index (χ0) is 27.1. The molecule has 0 saturated carbocycles. The van der Waals surface area contributed by atoms with Gasteiger partial charge in [-0.3, -0.25) is 9.69 Å². The van der Waals surface area contributed by atoms with Crippen LogP contribution in [0.5, 0.6) is 0 Å². The third-order valence-corrected chi connectivity index (χ3v) is 6.81. The Bertz CT molecular complexity index is 1450. The molecule has 3 aromatic heterocycles. The standard InChI is InChI=1S/C14H17F3N2O.C12H9N5S/c1-18-4-6-19(7-5-18)9-12-3-2-11(10-20)8-13(12)14(15,16)17;1-13-12-15-8-10(18-12)5-4-9-7-14-11-3-2-6-16-17(9)11/h2-3,8,10H,4-7,9H2,1H3;2-3,6-8H,1H3,(H,13,15). The second-order valence-electron chi connectivity index (χ2n) is 8.58. The van der Waals surface area contributed by atoms with Crippen LogP contribution in [0.3, 0.4) is 0 Å². The van der Waals surface area contributed by atoms with E-state index < -0.39 is 11.7 Å². The van der Waals surface area contributed by atoms with Gasteiger partial charge in [-0.25, -0.2) is 14.5 Å². The number of carbonyl (C=O) groups excluding carboxylic acids is 1. The van der Waals surface area contributed by atoms with Gasteiger partial charge >= 0.3 is 6.18 Å². The van der Waals surface area contributed by atoms with E-state index >= 15 is 0 Å². The summed E-state index contributed by atoms with van der Waals surface area (Å²) in [6.45, 7) is 3.48. The smallest absolute Gasteiger partial charge is 0.365 e. The number of rotatable bonds is 4. The fourth-order valence-corrected chi connectivity index (χ4v) is 4.43. The number of carbonyl (C=O) groups is 1. The van der Waals surface area contributed by atoms with Crippen molar-refractivity contribution in [2.75, 3.05) is 45.6 Å². The molecule has 1 fully saturated rings. The largest absolute Gasteiger partial charge is 0.416 e. The van der Waals surface area contributed by atoms with E-state index in [0.717, 1.165) is 53.6 Å².